The van der Waals surface area contributed by atoms with E-state index in [9.17, 15) is 13.2 Å². The number of H-pyrrole nitrogens is 1. The summed E-state index contributed by atoms with van der Waals surface area (Å²) in [6.45, 7) is 5.85. The molecule has 1 amide bonds. The summed E-state index contributed by atoms with van der Waals surface area (Å²) in [5.41, 5.74) is 2.90. The molecule has 3 aromatic rings. The predicted octanol–water partition coefficient (Wildman–Crippen LogP) is 4.84. The first-order chi connectivity index (χ1) is 17.2. The molecule has 0 aliphatic carbocycles. The first-order valence-electron chi connectivity index (χ1n) is 12.2. The third kappa shape index (κ3) is 5.96. The lowest BCUT2D eigenvalue weighted by Gasteiger charge is -2.34. The van der Waals surface area contributed by atoms with Crippen LogP contribution in [0.15, 0.2) is 41.6 Å². The van der Waals surface area contributed by atoms with E-state index in [0.29, 0.717) is 31.2 Å². The van der Waals surface area contributed by atoms with Crippen LogP contribution in [0.5, 0.6) is 0 Å². The zero-order chi connectivity index (χ0) is 25.9. The van der Waals surface area contributed by atoms with Crippen molar-refractivity contribution < 1.29 is 13.2 Å². The lowest BCUT2D eigenvalue weighted by Crippen LogP contribution is -2.51. The van der Waals surface area contributed by atoms with Crippen molar-refractivity contribution in [2.45, 2.75) is 50.5 Å². The van der Waals surface area contributed by atoms with Gasteiger partial charge in [-0.25, -0.2) is 13.4 Å². The smallest absolute Gasteiger partial charge is 0.241 e. The number of amides is 1. The van der Waals surface area contributed by atoms with E-state index in [0.717, 1.165) is 35.9 Å². The van der Waals surface area contributed by atoms with E-state index in [-0.39, 0.29) is 27.3 Å². The number of aromatic nitrogens is 2. The molecule has 1 atom stereocenters. The predicted molar refractivity (Wildman–Crippen MR) is 144 cm³/mol. The first kappa shape index (κ1) is 26.7. The van der Waals surface area contributed by atoms with Crippen LogP contribution in [0.2, 0.25) is 10.0 Å². The quantitative estimate of drug-likeness (QED) is 0.352. The number of halogens is 2. The highest BCUT2D eigenvalue weighted by atomic mass is 35.5. The van der Waals surface area contributed by atoms with Crippen molar-refractivity contribution in [3.63, 3.8) is 0 Å². The van der Waals surface area contributed by atoms with Crippen molar-refractivity contribution in [1.29, 1.82) is 0 Å². The Morgan fingerprint density at radius 3 is 2.50 bits per heavy atom. The van der Waals surface area contributed by atoms with Gasteiger partial charge in [0.05, 0.1) is 38.0 Å². The number of piperidine rings is 1. The molecule has 0 radical (unpaired) electrons. The summed E-state index contributed by atoms with van der Waals surface area (Å²) >= 11 is 12.6. The molecule has 1 aliphatic heterocycles. The maximum atomic E-state index is 13.6. The Bertz CT molecular complexity index is 1310. The number of imidazole rings is 1. The molecule has 1 aliphatic rings. The summed E-state index contributed by atoms with van der Waals surface area (Å²) in [5, 5.41) is 3.42. The average Bonchev–Trinajstić information content (AvgIpc) is 3.33. The lowest BCUT2D eigenvalue weighted by molar-refractivity contribution is -0.134. The van der Waals surface area contributed by atoms with Crippen molar-refractivity contribution >= 4 is 55.9 Å². The molecule has 36 heavy (non-hydrogen) atoms. The monoisotopic (exact) mass is 551 g/mol. The van der Waals surface area contributed by atoms with Crippen LogP contribution in [0.3, 0.4) is 0 Å². The molecule has 3 N–H and O–H groups in total. The molecule has 1 fully saturated rings. The van der Waals surface area contributed by atoms with E-state index in [1.54, 1.807) is 11.2 Å². The molecule has 4 rings (SSSR count). The van der Waals surface area contributed by atoms with Gasteiger partial charge in [0.15, 0.2) is 0 Å². The highest BCUT2D eigenvalue weighted by molar-refractivity contribution is 7.89. The Kier molecular flexibility index (Phi) is 8.44. The molecule has 0 spiro atoms. The van der Waals surface area contributed by atoms with Crippen LogP contribution in [0, 0.1) is 5.92 Å². The first-order valence-corrected chi connectivity index (χ1v) is 14.4. The standard InChI is InChI=1S/C25H31Cl2N5O3S/c1-3-16-7-9-32(10-8-16)25(33)23(12-17-5-6-21-22(11-17)30-15-29-21)31-36(34,35)18-13-19(26)24(28-4-2)20(27)14-18/h5-6,11,13-16,23,28,31H,3-4,7-10,12H2,1-2H3,(H,29,30). The summed E-state index contributed by atoms with van der Waals surface area (Å²) in [6.07, 6.45) is 4.69. The minimum absolute atomic E-state index is 0.0932. The number of nitrogens with one attached hydrogen (secondary N) is 3. The molecular weight excluding hydrogens is 521 g/mol. The van der Waals surface area contributed by atoms with Crippen molar-refractivity contribution in [2.24, 2.45) is 5.92 Å². The van der Waals surface area contributed by atoms with Gasteiger partial charge in [-0.3, -0.25) is 4.79 Å². The number of fused-ring (bicyclic) bond motifs is 1. The molecule has 1 saturated heterocycles. The Labute approximate surface area is 221 Å². The molecule has 0 bridgehead atoms. The van der Waals surface area contributed by atoms with Crippen molar-refractivity contribution in [3.05, 3.63) is 52.3 Å². The third-order valence-electron chi connectivity index (χ3n) is 6.70. The highest BCUT2D eigenvalue weighted by Crippen LogP contribution is 2.33. The number of hydrogen-bond donors (Lipinski definition) is 3. The summed E-state index contributed by atoms with van der Waals surface area (Å²) < 4.78 is 29.5. The van der Waals surface area contributed by atoms with Crippen LogP contribution < -0.4 is 10.0 Å². The summed E-state index contributed by atoms with van der Waals surface area (Å²) in [7, 11) is -4.10. The Morgan fingerprint density at radius 1 is 1.17 bits per heavy atom. The van der Waals surface area contributed by atoms with Gasteiger partial charge in [0.25, 0.3) is 0 Å². The van der Waals surface area contributed by atoms with E-state index < -0.39 is 16.1 Å². The second-order valence-corrected chi connectivity index (χ2v) is 11.6. The number of benzene rings is 2. The topological polar surface area (TPSA) is 107 Å². The number of anilines is 1. The van der Waals surface area contributed by atoms with Gasteiger partial charge in [0, 0.05) is 19.6 Å². The second kappa shape index (κ2) is 11.4. The fourth-order valence-electron chi connectivity index (χ4n) is 4.61. The van der Waals surface area contributed by atoms with Gasteiger partial charge >= 0.3 is 0 Å². The third-order valence-corrected chi connectivity index (χ3v) is 8.75. The van der Waals surface area contributed by atoms with Crippen molar-refractivity contribution in [1.82, 2.24) is 19.6 Å². The molecule has 2 heterocycles. The Balaban J connectivity index is 1.62. The van der Waals surface area contributed by atoms with E-state index in [1.807, 2.05) is 25.1 Å². The van der Waals surface area contributed by atoms with Gasteiger partial charge in [-0.1, -0.05) is 42.6 Å². The summed E-state index contributed by atoms with van der Waals surface area (Å²) in [6, 6.07) is 7.31. The molecule has 1 aromatic heterocycles. The number of carbonyl (C=O) groups is 1. The summed E-state index contributed by atoms with van der Waals surface area (Å²) in [5.74, 6) is 0.350. The van der Waals surface area contributed by atoms with E-state index in [2.05, 4.69) is 26.9 Å². The van der Waals surface area contributed by atoms with Gasteiger partial charge in [0.2, 0.25) is 15.9 Å². The molecule has 11 heteroatoms. The summed E-state index contributed by atoms with van der Waals surface area (Å²) in [4.78, 5) is 22.6. The van der Waals surface area contributed by atoms with E-state index >= 15 is 0 Å². The molecule has 194 valence electrons. The second-order valence-electron chi connectivity index (χ2n) is 9.10. The van der Waals surface area contributed by atoms with Gasteiger partial charge in [-0.15, -0.1) is 0 Å². The number of rotatable bonds is 9. The molecule has 1 unspecified atom stereocenters. The molecule has 8 nitrogen and oxygen atoms in total. The number of hydrogen-bond acceptors (Lipinski definition) is 5. The van der Waals surface area contributed by atoms with E-state index in [4.69, 9.17) is 23.2 Å². The largest absolute Gasteiger partial charge is 0.383 e. The van der Waals surface area contributed by atoms with E-state index in [1.165, 1.54) is 12.1 Å². The molecule has 2 aromatic carbocycles. The number of aromatic amines is 1. The van der Waals surface area contributed by atoms with Crippen LogP contribution >= 0.6 is 23.2 Å². The maximum absolute atomic E-state index is 13.6. The Hall–Kier alpha value is -2.33. The van der Waals surface area contributed by atoms with Crippen molar-refractivity contribution in [2.75, 3.05) is 25.0 Å². The number of nitrogens with zero attached hydrogens (tertiary/aromatic N) is 2. The van der Waals surface area contributed by atoms with Crippen LogP contribution in [0.1, 0.15) is 38.7 Å². The number of carbonyl (C=O) groups excluding carboxylic acids is 1. The van der Waals surface area contributed by atoms with Crippen molar-refractivity contribution in [3.8, 4) is 0 Å². The van der Waals surface area contributed by atoms with Crippen LogP contribution in [-0.4, -0.2) is 54.9 Å². The normalized spacial score (nSPS) is 15.8. The van der Waals surface area contributed by atoms with Crippen LogP contribution in [0.4, 0.5) is 5.69 Å². The van der Waals surface area contributed by atoms with Gasteiger partial charge in [-0.05, 0) is 61.9 Å². The number of likely N-dealkylation sites (tertiary alicyclic amines) is 1. The van der Waals surface area contributed by atoms with Crippen LogP contribution in [0.25, 0.3) is 11.0 Å². The van der Waals surface area contributed by atoms with Crippen LogP contribution in [-0.2, 0) is 21.2 Å². The van der Waals surface area contributed by atoms with Gasteiger partial charge in [-0.2, -0.15) is 4.72 Å². The minimum atomic E-state index is -4.10. The zero-order valence-electron chi connectivity index (χ0n) is 20.4. The SMILES string of the molecule is CCNc1c(Cl)cc(S(=O)(=O)NC(Cc2ccc3[nH]cnc3c2)C(=O)N2CCC(CC)CC2)cc1Cl. The van der Waals surface area contributed by atoms with Gasteiger partial charge < -0.3 is 15.2 Å². The Morgan fingerprint density at radius 2 is 1.86 bits per heavy atom. The number of sulfonamides is 1. The molecular formula is C25H31Cl2N5O3S. The average molecular weight is 553 g/mol. The maximum Gasteiger partial charge on any atom is 0.241 e. The molecule has 0 saturated carbocycles. The van der Waals surface area contributed by atoms with Gasteiger partial charge in [0.1, 0.15) is 6.04 Å². The highest BCUT2D eigenvalue weighted by Gasteiger charge is 2.32. The zero-order valence-corrected chi connectivity index (χ0v) is 22.7. The fraction of sp³-hybridized carbons (Fsp3) is 0.440. The lowest BCUT2D eigenvalue weighted by atomic mass is 9.94. The minimum Gasteiger partial charge on any atom is -0.383 e. The fourth-order valence-corrected chi connectivity index (χ4v) is 6.60.